The molecule has 140 valence electrons. The number of carbonyl (C=O) groups is 3. The Bertz CT molecular complexity index is 716. The van der Waals surface area contributed by atoms with Crippen LogP contribution in [0, 0.1) is 0 Å². The maximum atomic E-state index is 12.6. The number of likely N-dealkylation sites (tertiary alicyclic amines) is 1. The fraction of sp³-hybridized carbons (Fsp3) is 0.389. The van der Waals surface area contributed by atoms with Crippen molar-refractivity contribution in [3.05, 3.63) is 47.2 Å². The van der Waals surface area contributed by atoms with E-state index in [0.717, 1.165) is 5.56 Å². The molecule has 1 heterocycles. The van der Waals surface area contributed by atoms with Crippen molar-refractivity contribution in [2.45, 2.75) is 31.9 Å². The second-order valence-electron chi connectivity index (χ2n) is 5.95. The number of aliphatic hydroxyl groups excluding tert-OH is 1. The van der Waals surface area contributed by atoms with Gasteiger partial charge < -0.3 is 15.2 Å². The third kappa shape index (κ3) is 4.25. The second kappa shape index (κ2) is 8.86. The highest BCUT2D eigenvalue weighted by atomic mass is 32.2. The summed E-state index contributed by atoms with van der Waals surface area (Å²) in [5, 5.41) is 10.9. The van der Waals surface area contributed by atoms with Crippen LogP contribution in [0.25, 0.3) is 0 Å². The summed E-state index contributed by atoms with van der Waals surface area (Å²) >= 11 is 1.33. The van der Waals surface area contributed by atoms with E-state index in [-0.39, 0.29) is 12.3 Å². The average molecular weight is 378 g/mol. The number of amides is 2. The fourth-order valence-electron chi connectivity index (χ4n) is 2.63. The number of hydrogen-bond acceptors (Lipinski definition) is 6. The van der Waals surface area contributed by atoms with Crippen LogP contribution in [-0.2, 0) is 25.7 Å². The summed E-state index contributed by atoms with van der Waals surface area (Å²) in [6.07, 6.45) is 1.78. The van der Waals surface area contributed by atoms with E-state index in [4.69, 9.17) is 9.84 Å². The van der Waals surface area contributed by atoms with Crippen LogP contribution in [0.5, 0.6) is 0 Å². The standard InChI is InChI=1S/C18H22N2O5S/c1-11(2)15(18(24)25-10-12-7-5-4-6-8-12)20-16(23)14(17(20)26-3)19-13(22)9-21/h4-8,14,17,21H,9-10H2,1-3H3,(H,19,22)/t14-,17-/m1/s1. The number of ether oxygens (including phenoxy) is 1. The van der Waals surface area contributed by atoms with Crippen LogP contribution in [0.15, 0.2) is 41.6 Å². The maximum Gasteiger partial charge on any atom is 0.355 e. The molecule has 8 heteroatoms. The summed E-state index contributed by atoms with van der Waals surface area (Å²) in [4.78, 5) is 37.8. The summed E-state index contributed by atoms with van der Waals surface area (Å²) in [6.45, 7) is 2.86. The third-order valence-corrected chi connectivity index (χ3v) is 4.83. The molecule has 0 bridgehead atoms. The van der Waals surface area contributed by atoms with Crippen LogP contribution in [0.3, 0.4) is 0 Å². The summed E-state index contributed by atoms with van der Waals surface area (Å²) in [7, 11) is 0. The number of esters is 1. The lowest BCUT2D eigenvalue weighted by molar-refractivity contribution is -0.153. The van der Waals surface area contributed by atoms with Crippen molar-refractivity contribution in [2.75, 3.05) is 12.9 Å². The molecule has 1 aromatic carbocycles. The molecule has 0 radical (unpaired) electrons. The fourth-order valence-corrected chi connectivity index (χ4v) is 3.51. The quantitative estimate of drug-likeness (QED) is 0.418. The van der Waals surface area contributed by atoms with Gasteiger partial charge in [-0.2, -0.15) is 0 Å². The number of nitrogens with zero attached hydrogens (tertiary/aromatic N) is 1. The highest BCUT2D eigenvalue weighted by Gasteiger charge is 2.51. The lowest BCUT2D eigenvalue weighted by Crippen LogP contribution is -2.69. The molecule has 0 unspecified atom stereocenters. The Morgan fingerprint density at radius 3 is 2.46 bits per heavy atom. The Morgan fingerprint density at radius 2 is 1.92 bits per heavy atom. The largest absolute Gasteiger partial charge is 0.456 e. The number of allylic oxidation sites excluding steroid dienone is 1. The summed E-state index contributed by atoms with van der Waals surface area (Å²) in [5.41, 5.74) is 1.67. The van der Waals surface area contributed by atoms with Gasteiger partial charge in [0.05, 0.1) is 0 Å². The van der Waals surface area contributed by atoms with Crippen LogP contribution >= 0.6 is 11.8 Å². The predicted octanol–water partition coefficient (Wildman–Crippen LogP) is 1.03. The molecular weight excluding hydrogens is 356 g/mol. The summed E-state index contributed by atoms with van der Waals surface area (Å²) in [6, 6.07) is 8.48. The van der Waals surface area contributed by atoms with E-state index < -0.39 is 35.8 Å². The smallest absolute Gasteiger partial charge is 0.355 e. The molecule has 2 rings (SSSR count). The van der Waals surface area contributed by atoms with Crippen molar-refractivity contribution in [1.82, 2.24) is 10.2 Å². The van der Waals surface area contributed by atoms with Crippen LogP contribution < -0.4 is 5.32 Å². The van der Waals surface area contributed by atoms with E-state index in [0.29, 0.717) is 5.57 Å². The SMILES string of the molecule is CS[C@@H]1[C@H](NC(=O)CO)C(=O)N1C(C(=O)OCc1ccccc1)=C(C)C. The molecule has 2 atom stereocenters. The lowest BCUT2D eigenvalue weighted by Gasteiger charge is -2.46. The van der Waals surface area contributed by atoms with E-state index in [1.54, 1.807) is 20.1 Å². The molecule has 0 aromatic heterocycles. The molecule has 1 aliphatic heterocycles. The molecule has 1 fully saturated rings. The normalized spacial score (nSPS) is 18.8. The minimum absolute atomic E-state index is 0.104. The van der Waals surface area contributed by atoms with Gasteiger partial charge >= 0.3 is 5.97 Å². The number of β-lactam (4-membered cyclic amide) rings is 1. The van der Waals surface area contributed by atoms with E-state index in [9.17, 15) is 14.4 Å². The van der Waals surface area contributed by atoms with Crippen LogP contribution in [-0.4, -0.2) is 52.1 Å². The highest BCUT2D eigenvalue weighted by Crippen LogP contribution is 2.34. The number of rotatable bonds is 7. The van der Waals surface area contributed by atoms with E-state index in [1.165, 1.54) is 16.7 Å². The zero-order valence-electron chi connectivity index (χ0n) is 14.9. The Hall–Kier alpha value is -2.32. The third-order valence-electron chi connectivity index (χ3n) is 3.87. The van der Waals surface area contributed by atoms with Crippen LogP contribution in [0.2, 0.25) is 0 Å². The van der Waals surface area contributed by atoms with Crippen molar-refractivity contribution in [3.63, 3.8) is 0 Å². The van der Waals surface area contributed by atoms with Crippen LogP contribution in [0.4, 0.5) is 0 Å². The maximum absolute atomic E-state index is 12.6. The molecule has 2 amide bonds. The lowest BCUT2D eigenvalue weighted by atomic mass is 10.0. The zero-order chi connectivity index (χ0) is 19.3. The Kier molecular flexibility index (Phi) is 6.82. The number of benzene rings is 1. The Balaban J connectivity index is 2.12. The first-order chi connectivity index (χ1) is 12.4. The zero-order valence-corrected chi connectivity index (χ0v) is 15.7. The van der Waals surface area contributed by atoms with Gasteiger partial charge in [-0.3, -0.25) is 14.5 Å². The number of nitrogens with one attached hydrogen (secondary N) is 1. The molecule has 0 saturated carbocycles. The van der Waals surface area contributed by atoms with Gasteiger partial charge in [-0.05, 0) is 31.2 Å². The van der Waals surface area contributed by atoms with Crippen molar-refractivity contribution in [3.8, 4) is 0 Å². The minimum Gasteiger partial charge on any atom is -0.456 e. The van der Waals surface area contributed by atoms with Crippen molar-refractivity contribution >= 4 is 29.5 Å². The van der Waals surface area contributed by atoms with E-state index >= 15 is 0 Å². The molecule has 0 aliphatic carbocycles. The van der Waals surface area contributed by atoms with Gasteiger partial charge in [-0.1, -0.05) is 30.3 Å². The van der Waals surface area contributed by atoms with E-state index in [1.807, 2.05) is 30.3 Å². The monoisotopic (exact) mass is 378 g/mol. The Morgan fingerprint density at radius 1 is 1.27 bits per heavy atom. The molecule has 1 aliphatic rings. The topological polar surface area (TPSA) is 95.9 Å². The number of thioether (sulfide) groups is 1. The van der Waals surface area contributed by atoms with Gasteiger partial charge in [0.1, 0.15) is 30.3 Å². The Labute approximate surface area is 156 Å². The molecule has 7 nitrogen and oxygen atoms in total. The molecule has 2 N–H and O–H groups in total. The average Bonchev–Trinajstić information content (AvgIpc) is 2.64. The minimum atomic E-state index is -0.777. The van der Waals surface area contributed by atoms with Crippen molar-refractivity contribution < 1.29 is 24.2 Å². The first-order valence-corrected chi connectivity index (χ1v) is 9.34. The number of aliphatic hydroxyl groups is 1. The van der Waals surface area contributed by atoms with E-state index in [2.05, 4.69) is 5.32 Å². The highest BCUT2D eigenvalue weighted by molar-refractivity contribution is 7.99. The van der Waals surface area contributed by atoms with Crippen molar-refractivity contribution in [2.24, 2.45) is 0 Å². The van der Waals surface area contributed by atoms with Gasteiger partial charge in [0, 0.05) is 0 Å². The summed E-state index contributed by atoms with van der Waals surface area (Å²) in [5.74, 6) is -1.63. The summed E-state index contributed by atoms with van der Waals surface area (Å²) < 4.78 is 5.36. The predicted molar refractivity (Wildman–Crippen MR) is 97.8 cm³/mol. The van der Waals surface area contributed by atoms with Crippen LogP contribution in [0.1, 0.15) is 19.4 Å². The van der Waals surface area contributed by atoms with Gasteiger partial charge in [0.2, 0.25) is 5.91 Å². The van der Waals surface area contributed by atoms with Gasteiger partial charge in [-0.25, -0.2) is 4.79 Å². The molecule has 1 saturated heterocycles. The van der Waals surface area contributed by atoms with Gasteiger partial charge in [0.15, 0.2) is 0 Å². The first-order valence-electron chi connectivity index (χ1n) is 8.05. The van der Waals surface area contributed by atoms with Gasteiger partial charge in [0.25, 0.3) is 5.91 Å². The first kappa shape index (κ1) is 20.0. The van der Waals surface area contributed by atoms with Gasteiger partial charge in [-0.15, -0.1) is 11.8 Å². The van der Waals surface area contributed by atoms with Crippen molar-refractivity contribution in [1.29, 1.82) is 0 Å². The molecule has 26 heavy (non-hydrogen) atoms. The molecule has 1 aromatic rings. The second-order valence-corrected chi connectivity index (χ2v) is 6.90. The molecule has 0 spiro atoms. The number of carbonyl (C=O) groups excluding carboxylic acids is 3. The number of hydrogen-bond donors (Lipinski definition) is 2. The molecular formula is C18H22N2O5S.